The molecule has 0 amide bonds. The lowest BCUT2D eigenvalue weighted by Crippen LogP contribution is -2.21. The van der Waals surface area contributed by atoms with Gasteiger partial charge in [0.15, 0.2) is 0 Å². The van der Waals surface area contributed by atoms with Crippen LogP contribution in [0.2, 0.25) is 0 Å². The molecule has 1 atom stereocenters. The SMILES string of the molecule is Cc1cccnc1C1(CO)CC1(C)C. The predicted octanol–water partition coefficient (Wildman–Crippen LogP) is 2.05. The van der Waals surface area contributed by atoms with Crippen LogP contribution in [0.1, 0.15) is 31.5 Å². The molecule has 2 heteroatoms. The molecule has 14 heavy (non-hydrogen) atoms. The minimum Gasteiger partial charge on any atom is -0.395 e. The summed E-state index contributed by atoms with van der Waals surface area (Å²) < 4.78 is 0. The van der Waals surface area contributed by atoms with Gasteiger partial charge >= 0.3 is 0 Å². The highest BCUT2D eigenvalue weighted by Crippen LogP contribution is 2.63. The smallest absolute Gasteiger partial charge is 0.0548 e. The Hall–Kier alpha value is -0.890. The average molecular weight is 191 g/mol. The first-order valence-electron chi connectivity index (χ1n) is 5.06. The third-order valence-corrected chi connectivity index (χ3v) is 3.65. The van der Waals surface area contributed by atoms with Gasteiger partial charge in [0, 0.05) is 11.6 Å². The van der Waals surface area contributed by atoms with Gasteiger partial charge in [-0.2, -0.15) is 0 Å². The van der Waals surface area contributed by atoms with Crippen LogP contribution in [0.5, 0.6) is 0 Å². The molecule has 2 nitrogen and oxygen atoms in total. The standard InChI is InChI=1S/C12H17NO/c1-9-5-4-6-13-10(9)12(8-14)7-11(12,2)3/h4-6,14H,7-8H2,1-3H3. The number of pyridine rings is 1. The van der Waals surface area contributed by atoms with E-state index in [2.05, 4.69) is 31.8 Å². The fourth-order valence-electron chi connectivity index (χ4n) is 2.45. The van der Waals surface area contributed by atoms with Crippen LogP contribution >= 0.6 is 0 Å². The van der Waals surface area contributed by atoms with Gasteiger partial charge in [-0.25, -0.2) is 0 Å². The number of hydrogen-bond acceptors (Lipinski definition) is 2. The zero-order valence-electron chi connectivity index (χ0n) is 9.04. The zero-order chi connectivity index (χ0) is 10.4. The fourth-order valence-corrected chi connectivity index (χ4v) is 2.45. The van der Waals surface area contributed by atoms with Crippen LogP contribution in [-0.2, 0) is 5.41 Å². The Morgan fingerprint density at radius 1 is 1.50 bits per heavy atom. The van der Waals surface area contributed by atoms with E-state index in [0.717, 1.165) is 12.1 Å². The first kappa shape index (κ1) is 9.66. The molecule has 0 aromatic carbocycles. The van der Waals surface area contributed by atoms with E-state index in [1.54, 1.807) is 0 Å². The first-order chi connectivity index (χ1) is 6.53. The Kier molecular flexibility index (Phi) is 1.93. The van der Waals surface area contributed by atoms with Gasteiger partial charge in [-0.15, -0.1) is 0 Å². The highest BCUT2D eigenvalue weighted by Gasteiger charge is 2.63. The number of aromatic nitrogens is 1. The van der Waals surface area contributed by atoms with Crippen LogP contribution in [-0.4, -0.2) is 16.7 Å². The maximum Gasteiger partial charge on any atom is 0.0548 e. The van der Waals surface area contributed by atoms with Gasteiger partial charge in [-0.05, 0) is 30.4 Å². The molecule has 0 saturated heterocycles. The Morgan fingerprint density at radius 2 is 2.14 bits per heavy atom. The fraction of sp³-hybridized carbons (Fsp3) is 0.583. The second kappa shape index (κ2) is 2.80. The molecule has 2 rings (SSSR count). The molecule has 1 fully saturated rings. The summed E-state index contributed by atoms with van der Waals surface area (Å²) in [5, 5.41) is 9.53. The molecule has 0 spiro atoms. The normalized spacial score (nSPS) is 28.9. The summed E-state index contributed by atoms with van der Waals surface area (Å²) in [6.45, 7) is 6.65. The molecule has 0 radical (unpaired) electrons. The Morgan fingerprint density at radius 3 is 2.57 bits per heavy atom. The topological polar surface area (TPSA) is 33.1 Å². The van der Waals surface area contributed by atoms with E-state index in [1.807, 2.05) is 12.3 Å². The van der Waals surface area contributed by atoms with Crippen molar-refractivity contribution in [3.63, 3.8) is 0 Å². The highest BCUT2D eigenvalue weighted by molar-refractivity contribution is 5.37. The predicted molar refractivity (Wildman–Crippen MR) is 56.1 cm³/mol. The summed E-state index contributed by atoms with van der Waals surface area (Å²) in [7, 11) is 0. The van der Waals surface area contributed by atoms with Crippen molar-refractivity contribution in [2.24, 2.45) is 5.41 Å². The van der Waals surface area contributed by atoms with Crippen molar-refractivity contribution in [2.75, 3.05) is 6.61 Å². The molecule has 1 heterocycles. The van der Waals surface area contributed by atoms with Gasteiger partial charge in [-0.1, -0.05) is 19.9 Å². The number of nitrogens with zero attached hydrogens (tertiary/aromatic N) is 1. The van der Waals surface area contributed by atoms with Crippen LogP contribution in [0.4, 0.5) is 0 Å². The molecular weight excluding hydrogens is 174 g/mol. The van der Waals surface area contributed by atoms with Crippen molar-refractivity contribution in [3.05, 3.63) is 29.6 Å². The molecule has 1 aromatic heterocycles. The molecule has 1 saturated carbocycles. The quantitative estimate of drug-likeness (QED) is 0.776. The number of aliphatic hydroxyl groups is 1. The Labute approximate surface area is 85.0 Å². The van der Waals surface area contributed by atoms with E-state index in [4.69, 9.17) is 0 Å². The Balaban J connectivity index is 2.46. The second-order valence-electron chi connectivity index (χ2n) is 4.97. The molecule has 0 bridgehead atoms. The van der Waals surface area contributed by atoms with Crippen LogP contribution < -0.4 is 0 Å². The summed E-state index contributed by atoms with van der Waals surface area (Å²) in [5.41, 5.74) is 2.37. The van der Waals surface area contributed by atoms with Crippen molar-refractivity contribution >= 4 is 0 Å². The molecule has 1 aliphatic carbocycles. The summed E-state index contributed by atoms with van der Waals surface area (Å²) in [6.07, 6.45) is 2.85. The maximum atomic E-state index is 9.53. The lowest BCUT2D eigenvalue weighted by atomic mass is 9.90. The summed E-state index contributed by atoms with van der Waals surface area (Å²) in [4.78, 5) is 4.42. The van der Waals surface area contributed by atoms with Gasteiger partial charge < -0.3 is 5.11 Å². The lowest BCUT2D eigenvalue weighted by molar-refractivity contribution is 0.228. The lowest BCUT2D eigenvalue weighted by Gasteiger charge is -2.18. The second-order valence-corrected chi connectivity index (χ2v) is 4.97. The molecule has 1 N–H and O–H groups in total. The van der Waals surface area contributed by atoms with Crippen LogP contribution in [0.15, 0.2) is 18.3 Å². The van der Waals surface area contributed by atoms with Crippen molar-refractivity contribution in [1.29, 1.82) is 0 Å². The summed E-state index contributed by atoms with van der Waals surface area (Å²) in [5.74, 6) is 0. The van der Waals surface area contributed by atoms with Gasteiger partial charge in [0.1, 0.15) is 0 Å². The van der Waals surface area contributed by atoms with Crippen molar-refractivity contribution < 1.29 is 5.11 Å². The van der Waals surface area contributed by atoms with Gasteiger partial charge in [0.05, 0.1) is 12.3 Å². The number of aliphatic hydroxyl groups excluding tert-OH is 1. The van der Waals surface area contributed by atoms with Gasteiger partial charge in [0.2, 0.25) is 0 Å². The van der Waals surface area contributed by atoms with E-state index in [-0.39, 0.29) is 17.4 Å². The van der Waals surface area contributed by atoms with E-state index in [9.17, 15) is 5.11 Å². The number of aryl methyl sites for hydroxylation is 1. The minimum absolute atomic E-state index is 0.0850. The Bertz CT molecular complexity index is 359. The van der Waals surface area contributed by atoms with E-state index >= 15 is 0 Å². The van der Waals surface area contributed by atoms with E-state index in [1.165, 1.54) is 5.56 Å². The molecule has 1 aliphatic rings. The van der Waals surface area contributed by atoms with Crippen LogP contribution in [0, 0.1) is 12.3 Å². The van der Waals surface area contributed by atoms with Crippen molar-refractivity contribution in [2.45, 2.75) is 32.6 Å². The zero-order valence-corrected chi connectivity index (χ0v) is 9.04. The monoisotopic (exact) mass is 191 g/mol. The third kappa shape index (κ3) is 1.10. The van der Waals surface area contributed by atoms with Gasteiger partial charge in [-0.3, -0.25) is 4.98 Å². The molecular formula is C12H17NO. The molecule has 76 valence electrons. The number of hydrogen-bond donors (Lipinski definition) is 1. The third-order valence-electron chi connectivity index (χ3n) is 3.65. The van der Waals surface area contributed by atoms with Crippen LogP contribution in [0.3, 0.4) is 0 Å². The molecule has 1 unspecified atom stereocenters. The van der Waals surface area contributed by atoms with E-state index < -0.39 is 0 Å². The summed E-state index contributed by atoms with van der Waals surface area (Å²) >= 11 is 0. The van der Waals surface area contributed by atoms with Gasteiger partial charge in [0.25, 0.3) is 0 Å². The van der Waals surface area contributed by atoms with E-state index in [0.29, 0.717) is 0 Å². The minimum atomic E-state index is -0.0850. The maximum absolute atomic E-state index is 9.53. The largest absolute Gasteiger partial charge is 0.395 e. The first-order valence-corrected chi connectivity index (χ1v) is 5.06. The van der Waals surface area contributed by atoms with Crippen LogP contribution in [0.25, 0.3) is 0 Å². The highest BCUT2D eigenvalue weighted by atomic mass is 16.3. The summed E-state index contributed by atoms with van der Waals surface area (Å²) in [6, 6.07) is 4.01. The number of rotatable bonds is 2. The van der Waals surface area contributed by atoms with Crippen molar-refractivity contribution in [3.8, 4) is 0 Å². The molecule has 1 aromatic rings. The molecule has 0 aliphatic heterocycles. The van der Waals surface area contributed by atoms with Crippen molar-refractivity contribution in [1.82, 2.24) is 4.98 Å². The average Bonchev–Trinajstić information content (AvgIpc) is 2.70.